The summed E-state index contributed by atoms with van der Waals surface area (Å²) in [6, 6.07) is 0. The van der Waals surface area contributed by atoms with E-state index in [1.165, 1.54) is 0 Å². The molecule has 3 heteroatoms. The lowest BCUT2D eigenvalue weighted by Gasteiger charge is -2.24. The Morgan fingerprint density at radius 2 is 2.17 bits per heavy atom. The van der Waals surface area contributed by atoms with Crippen LogP contribution in [0.5, 0.6) is 0 Å². The molecule has 69 valence electrons. The van der Waals surface area contributed by atoms with Gasteiger partial charge in [0.1, 0.15) is 0 Å². The molecular formula is C9H16NO2. The summed E-state index contributed by atoms with van der Waals surface area (Å²) >= 11 is 0. The van der Waals surface area contributed by atoms with Gasteiger partial charge in [0.05, 0.1) is 13.2 Å². The zero-order chi connectivity index (χ0) is 8.81. The van der Waals surface area contributed by atoms with Crippen molar-refractivity contribution in [1.82, 2.24) is 4.90 Å². The normalized spacial score (nSPS) is 19.1. The van der Waals surface area contributed by atoms with Crippen molar-refractivity contribution in [1.29, 1.82) is 0 Å². The summed E-state index contributed by atoms with van der Waals surface area (Å²) in [6.45, 7) is 4.78. The minimum absolute atomic E-state index is 0.0978. The number of nitrogens with zero attached hydrogens (tertiary/aromatic N) is 1. The Hall–Kier alpha value is -0.570. The van der Waals surface area contributed by atoms with E-state index in [9.17, 15) is 4.79 Å². The Bertz CT molecular complexity index is 141. The third-order valence-electron chi connectivity index (χ3n) is 1.96. The van der Waals surface area contributed by atoms with Crippen LogP contribution in [0.25, 0.3) is 0 Å². The number of likely N-dealkylation sites (tertiary alicyclic amines) is 1. The molecule has 1 heterocycles. The number of carbonyl (C=O) groups is 1. The Kier molecular flexibility index (Phi) is 4.08. The van der Waals surface area contributed by atoms with E-state index < -0.39 is 0 Å². The molecule has 0 aromatic heterocycles. The van der Waals surface area contributed by atoms with Gasteiger partial charge in [-0.3, -0.25) is 9.69 Å². The Labute approximate surface area is 73.7 Å². The van der Waals surface area contributed by atoms with Crippen LogP contribution < -0.4 is 0 Å². The monoisotopic (exact) mass is 170 g/mol. The van der Waals surface area contributed by atoms with E-state index in [0.29, 0.717) is 13.2 Å². The van der Waals surface area contributed by atoms with Crippen molar-refractivity contribution in [3.63, 3.8) is 0 Å². The van der Waals surface area contributed by atoms with Crippen LogP contribution >= 0.6 is 0 Å². The first-order chi connectivity index (χ1) is 5.83. The van der Waals surface area contributed by atoms with Gasteiger partial charge >= 0.3 is 5.97 Å². The van der Waals surface area contributed by atoms with Gasteiger partial charge in [0.15, 0.2) is 0 Å². The first-order valence-electron chi connectivity index (χ1n) is 4.52. The van der Waals surface area contributed by atoms with Crippen molar-refractivity contribution in [2.75, 3.05) is 26.2 Å². The highest BCUT2D eigenvalue weighted by Crippen LogP contribution is 2.06. The number of rotatable bonds is 3. The minimum atomic E-state index is -0.0978. The number of piperidine rings is 1. The molecule has 0 bridgehead atoms. The van der Waals surface area contributed by atoms with Crippen LogP contribution in [0.1, 0.15) is 19.8 Å². The fourth-order valence-corrected chi connectivity index (χ4v) is 1.35. The summed E-state index contributed by atoms with van der Waals surface area (Å²) in [5.41, 5.74) is 0. The first kappa shape index (κ1) is 9.52. The van der Waals surface area contributed by atoms with Gasteiger partial charge in [0.2, 0.25) is 0 Å². The molecule has 1 fully saturated rings. The lowest BCUT2D eigenvalue weighted by atomic mass is 10.1. The van der Waals surface area contributed by atoms with Crippen LogP contribution in [0, 0.1) is 6.42 Å². The van der Waals surface area contributed by atoms with Gasteiger partial charge in [-0.1, -0.05) is 0 Å². The second-order valence-electron chi connectivity index (χ2n) is 2.95. The maximum absolute atomic E-state index is 11.0. The number of ether oxygens (including phenoxy) is 1. The molecule has 0 atom stereocenters. The van der Waals surface area contributed by atoms with Gasteiger partial charge in [-0.2, -0.15) is 0 Å². The largest absolute Gasteiger partial charge is 0.465 e. The van der Waals surface area contributed by atoms with Gasteiger partial charge in [-0.25, -0.2) is 0 Å². The molecule has 0 aromatic rings. The average molecular weight is 170 g/mol. The van der Waals surface area contributed by atoms with Gasteiger partial charge in [0, 0.05) is 0 Å². The molecule has 0 N–H and O–H groups in total. The molecule has 0 aromatic carbocycles. The van der Waals surface area contributed by atoms with Gasteiger partial charge in [-0.15, -0.1) is 0 Å². The van der Waals surface area contributed by atoms with Crippen LogP contribution in [0.15, 0.2) is 0 Å². The van der Waals surface area contributed by atoms with E-state index in [1.807, 2.05) is 6.92 Å². The summed E-state index contributed by atoms with van der Waals surface area (Å²) in [6.07, 6.45) is 4.46. The fourth-order valence-electron chi connectivity index (χ4n) is 1.35. The minimum Gasteiger partial charge on any atom is -0.465 e. The van der Waals surface area contributed by atoms with Crippen molar-refractivity contribution < 1.29 is 9.53 Å². The van der Waals surface area contributed by atoms with E-state index in [4.69, 9.17) is 4.74 Å². The Morgan fingerprint density at radius 1 is 1.50 bits per heavy atom. The standard InChI is InChI=1S/C9H16NO2/c1-2-12-9(11)8-10-6-4-3-5-7-10/h3H,2,4-8H2,1H3. The predicted octanol–water partition coefficient (Wildman–Crippen LogP) is 0.850. The van der Waals surface area contributed by atoms with Crippen molar-refractivity contribution in [3.8, 4) is 0 Å². The van der Waals surface area contributed by atoms with Gasteiger partial charge in [-0.05, 0) is 39.3 Å². The van der Waals surface area contributed by atoms with Gasteiger partial charge < -0.3 is 4.74 Å². The molecule has 0 spiro atoms. The van der Waals surface area contributed by atoms with Crippen LogP contribution in [-0.2, 0) is 9.53 Å². The van der Waals surface area contributed by atoms with Crippen molar-refractivity contribution in [2.45, 2.75) is 19.8 Å². The van der Waals surface area contributed by atoms with E-state index in [2.05, 4.69) is 11.3 Å². The van der Waals surface area contributed by atoms with Crippen molar-refractivity contribution in [3.05, 3.63) is 6.42 Å². The molecule has 1 rings (SSSR count). The van der Waals surface area contributed by atoms with E-state index in [1.54, 1.807) is 0 Å². The van der Waals surface area contributed by atoms with Crippen molar-refractivity contribution >= 4 is 5.97 Å². The average Bonchev–Trinajstić information content (AvgIpc) is 2.06. The maximum atomic E-state index is 11.0. The first-order valence-corrected chi connectivity index (χ1v) is 4.52. The second-order valence-corrected chi connectivity index (χ2v) is 2.95. The summed E-state index contributed by atoms with van der Waals surface area (Å²) in [5, 5.41) is 0. The zero-order valence-corrected chi connectivity index (χ0v) is 7.58. The Balaban J connectivity index is 2.15. The summed E-state index contributed by atoms with van der Waals surface area (Å²) in [5.74, 6) is -0.0978. The molecule has 1 aliphatic rings. The highest BCUT2D eigenvalue weighted by Gasteiger charge is 2.13. The van der Waals surface area contributed by atoms with Crippen molar-refractivity contribution in [2.24, 2.45) is 0 Å². The highest BCUT2D eigenvalue weighted by molar-refractivity contribution is 5.71. The number of hydrogen-bond donors (Lipinski definition) is 0. The molecule has 0 saturated carbocycles. The van der Waals surface area contributed by atoms with Crippen LogP contribution in [0.4, 0.5) is 0 Å². The molecule has 1 radical (unpaired) electrons. The maximum Gasteiger partial charge on any atom is 0.320 e. The number of hydrogen-bond acceptors (Lipinski definition) is 3. The molecule has 0 amide bonds. The Morgan fingerprint density at radius 3 is 2.75 bits per heavy atom. The summed E-state index contributed by atoms with van der Waals surface area (Å²) < 4.78 is 4.85. The van der Waals surface area contributed by atoms with Gasteiger partial charge in [0.25, 0.3) is 0 Å². The predicted molar refractivity (Wildman–Crippen MR) is 46.6 cm³/mol. The summed E-state index contributed by atoms with van der Waals surface area (Å²) in [4.78, 5) is 13.2. The lowest BCUT2D eigenvalue weighted by molar-refractivity contribution is -0.144. The van der Waals surface area contributed by atoms with E-state index in [-0.39, 0.29) is 5.97 Å². The molecule has 0 unspecified atom stereocenters. The van der Waals surface area contributed by atoms with Crippen LogP contribution in [0.3, 0.4) is 0 Å². The third kappa shape index (κ3) is 3.22. The fraction of sp³-hybridized carbons (Fsp3) is 0.778. The highest BCUT2D eigenvalue weighted by atomic mass is 16.5. The van der Waals surface area contributed by atoms with Crippen LogP contribution in [0.2, 0.25) is 0 Å². The van der Waals surface area contributed by atoms with E-state index in [0.717, 1.165) is 25.9 Å². The molecule has 1 aliphatic heterocycles. The van der Waals surface area contributed by atoms with Crippen LogP contribution in [-0.4, -0.2) is 37.1 Å². The molecule has 1 saturated heterocycles. The molecule has 0 aliphatic carbocycles. The number of esters is 1. The molecular weight excluding hydrogens is 154 g/mol. The third-order valence-corrected chi connectivity index (χ3v) is 1.96. The second kappa shape index (κ2) is 5.14. The lowest BCUT2D eigenvalue weighted by Crippen LogP contribution is -2.35. The smallest absolute Gasteiger partial charge is 0.320 e. The summed E-state index contributed by atoms with van der Waals surface area (Å²) in [7, 11) is 0. The topological polar surface area (TPSA) is 29.5 Å². The zero-order valence-electron chi connectivity index (χ0n) is 7.58. The molecule has 12 heavy (non-hydrogen) atoms. The molecule has 3 nitrogen and oxygen atoms in total. The SMILES string of the molecule is CCOC(=O)CN1CC[CH]CC1. The number of carbonyl (C=O) groups excluding carboxylic acids is 1. The van der Waals surface area contributed by atoms with E-state index >= 15 is 0 Å². The quantitative estimate of drug-likeness (QED) is 0.588.